The molecule has 0 amide bonds. The number of oxime groups is 1. The number of nitrogens with zero attached hydrogens (tertiary/aromatic N) is 1. The summed E-state index contributed by atoms with van der Waals surface area (Å²) in [6, 6.07) is 0. The number of hydrogen-bond acceptors (Lipinski definition) is 2. The summed E-state index contributed by atoms with van der Waals surface area (Å²) in [5.74, 6) is -0.0749. The lowest BCUT2D eigenvalue weighted by molar-refractivity contribution is -0.0726. The van der Waals surface area contributed by atoms with Crippen molar-refractivity contribution in [1.29, 1.82) is 0 Å². The van der Waals surface area contributed by atoms with E-state index in [1.807, 2.05) is 6.08 Å². The van der Waals surface area contributed by atoms with E-state index in [0.29, 0.717) is 6.42 Å². The molecule has 1 aliphatic heterocycles. The molecule has 0 saturated heterocycles. The highest BCUT2D eigenvalue weighted by Gasteiger charge is 2.42. The Morgan fingerprint density at radius 3 is 2.92 bits per heavy atom. The molecule has 0 aromatic carbocycles. The zero-order chi connectivity index (χ0) is 9.47. The topological polar surface area (TPSA) is 21.6 Å². The summed E-state index contributed by atoms with van der Waals surface area (Å²) in [5, 5.41) is 3.08. The first-order valence-electron chi connectivity index (χ1n) is 4.04. The molecule has 0 saturated carbocycles. The van der Waals surface area contributed by atoms with Gasteiger partial charge in [0.2, 0.25) is 0 Å². The van der Waals surface area contributed by atoms with E-state index in [1.54, 1.807) is 6.08 Å². The van der Waals surface area contributed by atoms with E-state index in [1.165, 1.54) is 0 Å². The van der Waals surface area contributed by atoms with Gasteiger partial charge in [-0.25, -0.2) is 0 Å². The maximum absolute atomic E-state index is 12.2. The fourth-order valence-electron chi connectivity index (χ4n) is 1.58. The van der Waals surface area contributed by atoms with Crippen molar-refractivity contribution in [3.05, 3.63) is 12.2 Å². The largest absolute Gasteiger partial charge is 0.432 e. The number of rotatable bonds is 0. The van der Waals surface area contributed by atoms with Crippen LogP contribution in [0, 0.1) is 5.92 Å². The number of allylic oxidation sites excluding steroid dienone is 1. The van der Waals surface area contributed by atoms with Gasteiger partial charge < -0.3 is 4.84 Å². The molecule has 72 valence electrons. The van der Waals surface area contributed by atoms with Crippen molar-refractivity contribution >= 4 is 5.71 Å². The van der Waals surface area contributed by atoms with E-state index in [9.17, 15) is 13.2 Å². The third-order valence-corrected chi connectivity index (χ3v) is 2.30. The van der Waals surface area contributed by atoms with Crippen molar-refractivity contribution in [3.8, 4) is 0 Å². The molecule has 0 aromatic heterocycles. The van der Waals surface area contributed by atoms with Crippen LogP contribution in [0.1, 0.15) is 12.8 Å². The Kier molecular flexibility index (Phi) is 1.82. The molecule has 0 radical (unpaired) electrons. The average Bonchev–Trinajstić information content (AvgIpc) is 2.47. The Labute approximate surface area is 73.1 Å². The minimum atomic E-state index is -4.34. The van der Waals surface area contributed by atoms with Crippen LogP contribution in [0.4, 0.5) is 13.2 Å². The van der Waals surface area contributed by atoms with E-state index in [4.69, 9.17) is 4.84 Å². The molecule has 2 nitrogen and oxygen atoms in total. The van der Waals surface area contributed by atoms with E-state index in [-0.39, 0.29) is 18.4 Å². The third kappa shape index (κ3) is 1.55. The highest BCUT2D eigenvalue weighted by atomic mass is 19.4. The van der Waals surface area contributed by atoms with Crippen LogP contribution in [0.2, 0.25) is 0 Å². The Hall–Kier alpha value is -1.00. The van der Waals surface area contributed by atoms with Gasteiger partial charge in [0.25, 0.3) is 0 Å². The van der Waals surface area contributed by atoms with Crippen LogP contribution in [0.5, 0.6) is 0 Å². The van der Waals surface area contributed by atoms with Gasteiger partial charge in [0, 0.05) is 12.3 Å². The molecule has 2 aliphatic rings. The second-order valence-electron chi connectivity index (χ2n) is 3.23. The van der Waals surface area contributed by atoms with Crippen LogP contribution >= 0.6 is 0 Å². The van der Waals surface area contributed by atoms with Crippen LogP contribution < -0.4 is 0 Å². The molecule has 2 unspecified atom stereocenters. The second kappa shape index (κ2) is 2.75. The van der Waals surface area contributed by atoms with Crippen molar-refractivity contribution in [2.24, 2.45) is 11.1 Å². The minimum Gasteiger partial charge on any atom is -0.388 e. The van der Waals surface area contributed by atoms with Crippen LogP contribution in [-0.2, 0) is 4.84 Å². The van der Waals surface area contributed by atoms with Gasteiger partial charge in [-0.15, -0.1) is 0 Å². The standard InChI is InChI=1S/C8H8F3NO/c9-8(10,11)7-4-5-2-1-3-6(5)13-12-7/h1,3,5-6H,2,4H2. The molecule has 0 fully saturated rings. The van der Waals surface area contributed by atoms with Gasteiger partial charge in [0.15, 0.2) is 5.71 Å². The van der Waals surface area contributed by atoms with Gasteiger partial charge in [0.05, 0.1) is 0 Å². The van der Waals surface area contributed by atoms with Crippen LogP contribution in [0.3, 0.4) is 0 Å². The van der Waals surface area contributed by atoms with Crippen molar-refractivity contribution in [2.75, 3.05) is 0 Å². The van der Waals surface area contributed by atoms with E-state index >= 15 is 0 Å². The quantitative estimate of drug-likeness (QED) is 0.538. The van der Waals surface area contributed by atoms with E-state index in [0.717, 1.165) is 0 Å². The molecule has 1 heterocycles. The zero-order valence-electron chi connectivity index (χ0n) is 6.71. The molecular weight excluding hydrogens is 183 g/mol. The summed E-state index contributed by atoms with van der Waals surface area (Å²) in [5.41, 5.74) is -0.794. The fraction of sp³-hybridized carbons (Fsp3) is 0.625. The van der Waals surface area contributed by atoms with Crippen LogP contribution in [-0.4, -0.2) is 18.0 Å². The van der Waals surface area contributed by atoms with Gasteiger partial charge in [-0.2, -0.15) is 13.2 Å². The summed E-state index contributed by atoms with van der Waals surface area (Å²) < 4.78 is 36.5. The van der Waals surface area contributed by atoms with Crippen molar-refractivity contribution < 1.29 is 18.0 Å². The first-order valence-corrected chi connectivity index (χ1v) is 4.04. The Morgan fingerprint density at radius 2 is 2.23 bits per heavy atom. The predicted octanol–water partition coefficient (Wildman–Crippen LogP) is 2.27. The molecule has 0 N–H and O–H groups in total. The molecule has 2 rings (SSSR count). The minimum absolute atomic E-state index is 0.0266. The first kappa shape index (κ1) is 8.59. The number of halogens is 3. The lowest BCUT2D eigenvalue weighted by Gasteiger charge is -2.24. The maximum atomic E-state index is 12.2. The Balaban J connectivity index is 2.11. The highest BCUT2D eigenvalue weighted by Crippen LogP contribution is 2.33. The number of hydrogen-bond donors (Lipinski definition) is 0. The summed E-state index contributed by atoms with van der Waals surface area (Å²) in [6.07, 6.45) is -0.355. The molecule has 0 aromatic rings. The summed E-state index contributed by atoms with van der Waals surface area (Å²) in [6.45, 7) is 0. The van der Waals surface area contributed by atoms with E-state index < -0.39 is 11.9 Å². The normalized spacial score (nSPS) is 32.4. The van der Waals surface area contributed by atoms with Crippen molar-refractivity contribution in [2.45, 2.75) is 25.1 Å². The predicted molar refractivity (Wildman–Crippen MR) is 40.2 cm³/mol. The molecule has 0 spiro atoms. The monoisotopic (exact) mass is 191 g/mol. The maximum Gasteiger partial charge on any atom is 0.432 e. The van der Waals surface area contributed by atoms with Crippen LogP contribution in [0.25, 0.3) is 0 Å². The second-order valence-corrected chi connectivity index (χ2v) is 3.23. The Bertz CT molecular complexity index is 269. The summed E-state index contributed by atoms with van der Waals surface area (Å²) in [4.78, 5) is 4.72. The number of fused-ring (bicyclic) bond motifs is 1. The molecule has 1 aliphatic carbocycles. The third-order valence-electron chi connectivity index (χ3n) is 2.30. The molecule has 13 heavy (non-hydrogen) atoms. The smallest absolute Gasteiger partial charge is 0.388 e. The first-order chi connectivity index (χ1) is 6.07. The molecule has 0 bridgehead atoms. The number of alkyl halides is 3. The Morgan fingerprint density at radius 1 is 1.46 bits per heavy atom. The van der Waals surface area contributed by atoms with Gasteiger partial charge in [-0.3, -0.25) is 0 Å². The van der Waals surface area contributed by atoms with Crippen LogP contribution in [0.15, 0.2) is 17.3 Å². The van der Waals surface area contributed by atoms with Gasteiger partial charge in [0.1, 0.15) is 6.10 Å². The SMILES string of the molecule is FC(F)(F)C1=NOC2C=CCC2C1. The average molecular weight is 191 g/mol. The van der Waals surface area contributed by atoms with E-state index in [2.05, 4.69) is 5.16 Å². The zero-order valence-corrected chi connectivity index (χ0v) is 6.71. The lowest BCUT2D eigenvalue weighted by Crippen LogP contribution is -2.33. The van der Waals surface area contributed by atoms with Gasteiger partial charge in [-0.05, 0) is 12.5 Å². The van der Waals surface area contributed by atoms with Gasteiger partial charge in [-0.1, -0.05) is 11.2 Å². The van der Waals surface area contributed by atoms with Gasteiger partial charge >= 0.3 is 6.18 Å². The fourth-order valence-corrected chi connectivity index (χ4v) is 1.58. The van der Waals surface area contributed by atoms with Crippen molar-refractivity contribution in [3.63, 3.8) is 0 Å². The summed E-state index contributed by atoms with van der Waals surface area (Å²) in [7, 11) is 0. The van der Waals surface area contributed by atoms with Crippen molar-refractivity contribution in [1.82, 2.24) is 0 Å². The highest BCUT2D eigenvalue weighted by molar-refractivity contribution is 5.89. The molecule has 2 atom stereocenters. The lowest BCUT2D eigenvalue weighted by atomic mass is 9.96. The molecular formula is C8H8F3NO. The summed E-state index contributed by atoms with van der Waals surface area (Å²) >= 11 is 0. The molecule has 5 heteroatoms.